The molecule has 1 aliphatic rings. The van der Waals surface area contributed by atoms with Crippen LogP contribution in [-0.4, -0.2) is 56.5 Å². The first-order valence-electron chi connectivity index (χ1n) is 12.9. The maximum Gasteiger partial charge on any atom is 0.247 e. The quantitative estimate of drug-likeness (QED) is 0.462. The van der Waals surface area contributed by atoms with Crippen molar-refractivity contribution in [3.63, 3.8) is 0 Å². The van der Waals surface area contributed by atoms with Gasteiger partial charge in [-0.25, -0.2) is 4.68 Å². The Morgan fingerprint density at radius 2 is 1.92 bits per heavy atom. The third-order valence-electron chi connectivity index (χ3n) is 7.06. The maximum atomic E-state index is 13.9. The summed E-state index contributed by atoms with van der Waals surface area (Å²) < 4.78 is 7.51. The van der Waals surface area contributed by atoms with Gasteiger partial charge in [-0.2, -0.15) is 0 Å². The average molecular weight is 492 g/mol. The molecule has 1 saturated heterocycles. The van der Waals surface area contributed by atoms with Crippen LogP contribution in [0.5, 0.6) is 0 Å². The highest BCUT2D eigenvalue weighted by molar-refractivity contribution is 5.89. The molecular formula is C28H37N5O3. The molecule has 0 unspecified atom stereocenters. The van der Waals surface area contributed by atoms with Crippen molar-refractivity contribution in [1.82, 2.24) is 25.2 Å². The lowest BCUT2D eigenvalue weighted by molar-refractivity contribution is -0.144. The van der Waals surface area contributed by atoms with Crippen molar-refractivity contribution in [2.24, 2.45) is 0 Å². The number of nitrogens with zero attached hydrogens (tertiary/aromatic N) is 4. The Bertz CT molecular complexity index is 1180. The molecule has 2 amide bonds. The van der Waals surface area contributed by atoms with Crippen LogP contribution in [-0.2, 0) is 27.3 Å². The fraction of sp³-hybridized carbons (Fsp3) is 0.500. The Balaban J connectivity index is 1.71. The van der Waals surface area contributed by atoms with Crippen LogP contribution in [0.25, 0.3) is 11.0 Å². The fourth-order valence-electron chi connectivity index (χ4n) is 4.51. The van der Waals surface area contributed by atoms with E-state index in [4.69, 9.17) is 4.74 Å². The smallest absolute Gasteiger partial charge is 0.247 e. The van der Waals surface area contributed by atoms with Crippen LogP contribution in [0.3, 0.4) is 0 Å². The van der Waals surface area contributed by atoms with Crippen LogP contribution in [0.4, 0.5) is 0 Å². The number of para-hydroxylation sites is 1. The van der Waals surface area contributed by atoms with Crippen LogP contribution in [0, 0.1) is 0 Å². The van der Waals surface area contributed by atoms with Gasteiger partial charge in [-0.1, -0.05) is 55.5 Å². The van der Waals surface area contributed by atoms with Gasteiger partial charge in [-0.15, -0.1) is 5.10 Å². The highest BCUT2D eigenvalue weighted by atomic mass is 16.5. The number of carbonyl (C=O) groups excluding carboxylic acids is 2. The Kier molecular flexibility index (Phi) is 8.04. The van der Waals surface area contributed by atoms with E-state index in [1.54, 1.807) is 9.58 Å². The van der Waals surface area contributed by atoms with E-state index in [1.165, 1.54) is 5.56 Å². The molecule has 8 heteroatoms. The van der Waals surface area contributed by atoms with Gasteiger partial charge in [0.1, 0.15) is 18.1 Å². The third kappa shape index (κ3) is 5.93. The van der Waals surface area contributed by atoms with E-state index in [9.17, 15) is 9.59 Å². The molecule has 1 aromatic heterocycles. The van der Waals surface area contributed by atoms with Crippen molar-refractivity contribution in [3.05, 3.63) is 59.7 Å². The van der Waals surface area contributed by atoms with Crippen molar-refractivity contribution >= 4 is 22.8 Å². The first-order valence-corrected chi connectivity index (χ1v) is 12.9. The minimum atomic E-state index is -0.784. The van der Waals surface area contributed by atoms with Gasteiger partial charge in [0.15, 0.2) is 0 Å². The molecule has 8 nitrogen and oxygen atoms in total. The highest BCUT2D eigenvalue weighted by Crippen LogP contribution is 2.27. The van der Waals surface area contributed by atoms with E-state index in [0.717, 1.165) is 42.3 Å². The number of nitrogens with one attached hydrogen (secondary N) is 1. The summed E-state index contributed by atoms with van der Waals surface area (Å²) in [5, 5.41) is 11.6. The molecule has 192 valence electrons. The van der Waals surface area contributed by atoms with Crippen molar-refractivity contribution in [2.75, 3.05) is 13.2 Å². The second kappa shape index (κ2) is 11.2. The van der Waals surface area contributed by atoms with Gasteiger partial charge in [-0.05, 0) is 62.8 Å². The van der Waals surface area contributed by atoms with Crippen molar-refractivity contribution in [2.45, 2.75) is 77.6 Å². The van der Waals surface area contributed by atoms with Crippen molar-refractivity contribution in [3.8, 4) is 0 Å². The number of hydrogen-bond acceptors (Lipinski definition) is 5. The van der Waals surface area contributed by atoms with Gasteiger partial charge in [0.2, 0.25) is 11.8 Å². The van der Waals surface area contributed by atoms with E-state index in [0.29, 0.717) is 13.2 Å². The monoisotopic (exact) mass is 491 g/mol. The summed E-state index contributed by atoms with van der Waals surface area (Å²) >= 11 is 0. The largest absolute Gasteiger partial charge is 0.376 e. The van der Waals surface area contributed by atoms with E-state index in [2.05, 4.69) is 22.6 Å². The minimum Gasteiger partial charge on any atom is -0.376 e. The minimum absolute atomic E-state index is 0.0127. The molecule has 0 spiro atoms. The number of rotatable bonds is 10. The molecule has 4 rings (SSSR count). The van der Waals surface area contributed by atoms with Gasteiger partial charge in [0, 0.05) is 18.7 Å². The molecule has 1 aliphatic heterocycles. The zero-order valence-electron chi connectivity index (χ0n) is 21.7. The Hall–Kier alpha value is -3.26. The molecule has 0 bridgehead atoms. The summed E-state index contributed by atoms with van der Waals surface area (Å²) in [5.74, 6) is -0.393. The molecule has 1 fully saturated rings. The summed E-state index contributed by atoms with van der Waals surface area (Å²) in [6.07, 6.45) is 3.37. The second-order valence-corrected chi connectivity index (χ2v) is 10.1. The summed E-state index contributed by atoms with van der Waals surface area (Å²) in [6.45, 7) is 9.12. The third-order valence-corrected chi connectivity index (χ3v) is 7.06. The van der Waals surface area contributed by atoms with Crippen molar-refractivity contribution in [1.29, 1.82) is 0 Å². The molecule has 1 N–H and O–H groups in total. The number of fused-ring (bicyclic) bond motifs is 1. The van der Waals surface area contributed by atoms with E-state index in [1.807, 2.05) is 69.3 Å². The van der Waals surface area contributed by atoms with E-state index >= 15 is 0 Å². The molecule has 2 aromatic carbocycles. The molecule has 0 aliphatic carbocycles. The number of aryl methyl sites for hydroxylation is 1. The summed E-state index contributed by atoms with van der Waals surface area (Å²) in [5.41, 5.74) is 3.07. The van der Waals surface area contributed by atoms with Crippen LogP contribution in [0.2, 0.25) is 0 Å². The number of carbonyl (C=O) groups is 2. The molecular weight excluding hydrogens is 454 g/mol. The lowest BCUT2D eigenvalue weighted by Crippen LogP contribution is -2.52. The number of ether oxygens (including phenoxy) is 1. The molecule has 0 saturated carbocycles. The second-order valence-electron chi connectivity index (χ2n) is 10.1. The first-order chi connectivity index (χ1) is 17.3. The Morgan fingerprint density at radius 1 is 1.17 bits per heavy atom. The molecule has 2 atom stereocenters. The fourth-order valence-corrected chi connectivity index (χ4v) is 4.51. The Morgan fingerprint density at radius 3 is 2.58 bits per heavy atom. The SMILES string of the molecule is CCc1ccc([C@@H](C(=O)NC(C)(C)CC)N(C[C@@H]2CCCO2)C(=O)Cn2nnc3ccccc32)cc1. The average Bonchev–Trinajstić information content (AvgIpc) is 3.54. The zero-order chi connectivity index (χ0) is 25.7. The van der Waals surface area contributed by atoms with E-state index < -0.39 is 11.6 Å². The first kappa shape index (κ1) is 25.8. The lowest BCUT2D eigenvalue weighted by Gasteiger charge is -2.35. The van der Waals surface area contributed by atoms with Crippen LogP contribution in [0.15, 0.2) is 48.5 Å². The van der Waals surface area contributed by atoms with Gasteiger partial charge in [0.05, 0.1) is 11.6 Å². The van der Waals surface area contributed by atoms with Crippen LogP contribution in [0.1, 0.15) is 64.1 Å². The lowest BCUT2D eigenvalue weighted by atomic mass is 9.97. The Labute approximate surface area is 213 Å². The number of aromatic nitrogens is 3. The predicted molar refractivity (Wildman–Crippen MR) is 139 cm³/mol. The zero-order valence-corrected chi connectivity index (χ0v) is 21.7. The molecule has 2 heterocycles. The molecule has 0 radical (unpaired) electrons. The topological polar surface area (TPSA) is 89.4 Å². The number of hydrogen-bond donors (Lipinski definition) is 1. The van der Waals surface area contributed by atoms with Gasteiger partial charge < -0.3 is 15.0 Å². The summed E-state index contributed by atoms with van der Waals surface area (Å²) in [7, 11) is 0. The van der Waals surface area contributed by atoms with E-state index in [-0.39, 0.29) is 24.5 Å². The maximum absolute atomic E-state index is 13.9. The molecule has 3 aromatic rings. The summed E-state index contributed by atoms with van der Waals surface area (Å²) in [6, 6.07) is 14.7. The number of amides is 2. The van der Waals surface area contributed by atoms with Crippen LogP contribution < -0.4 is 5.32 Å². The van der Waals surface area contributed by atoms with Gasteiger partial charge in [0.25, 0.3) is 0 Å². The van der Waals surface area contributed by atoms with Crippen LogP contribution >= 0.6 is 0 Å². The van der Waals surface area contributed by atoms with Crippen molar-refractivity contribution < 1.29 is 14.3 Å². The van der Waals surface area contributed by atoms with Gasteiger partial charge in [-0.3, -0.25) is 9.59 Å². The predicted octanol–water partition coefficient (Wildman–Crippen LogP) is 4.05. The normalized spacial score (nSPS) is 16.7. The standard InChI is InChI=1S/C28H37N5O3/c1-5-20-13-15-21(16-14-20)26(27(35)29-28(3,4)6-2)32(18-22-10-9-17-36-22)25(34)19-33-24-12-8-7-11-23(24)30-31-33/h7-8,11-16,22,26H,5-6,9-10,17-19H2,1-4H3,(H,29,35)/t22-,26-/m0/s1. The highest BCUT2D eigenvalue weighted by Gasteiger charge is 2.36. The summed E-state index contributed by atoms with van der Waals surface area (Å²) in [4.78, 5) is 29.4. The van der Waals surface area contributed by atoms with Gasteiger partial charge >= 0.3 is 0 Å². The molecule has 36 heavy (non-hydrogen) atoms. The number of benzene rings is 2.